The fourth-order valence-electron chi connectivity index (χ4n) is 4.53. The molecule has 6 heteroatoms. The average Bonchev–Trinajstić information content (AvgIpc) is 3.29. The number of ether oxygens (including phenoxy) is 2. The Hall–Kier alpha value is -3.12. The highest BCUT2D eigenvalue weighted by molar-refractivity contribution is 6.01. The van der Waals surface area contributed by atoms with Crippen LogP contribution < -0.4 is 4.74 Å². The fourth-order valence-corrected chi connectivity index (χ4v) is 4.53. The van der Waals surface area contributed by atoms with E-state index in [0.29, 0.717) is 23.9 Å². The second-order valence-electron chi connectivity index (χ2n) is 9.89. The molecular formula is C29H37N3O3. The Morgan fingerprint density at radius 1 is 1.06 bits per heavy atom. The Kier molecular flexibility index (Phi) is 7.91. The molecule has 1 aliphatic heterocycles. The van der Waals surface area contributed by atoms with Gasteiger partial charge in [-0.1, -0.05) is 38.1 Å². The van der Waals surface area contributed by atoms with Gasteiger partial charge in [-0.2, -0.15) is 0 Å². The van der Waals surface area contributed by atoms with Gasteiger partial charge in [-0.05, 0) is 80.9 Å². The first kappa shape index (κ1) is 25.0. The molecule has 2 N–H and O–H groups in total. The third-order valence-corrected chi connectivity index (χ3v) is 6.95. The monoisotopic (exact) mass is 475 g/mol. The van der Waals surface area contributed by atoms with Gasteiger partial charge < -0.3 is 18.8 Å². The second kappa shape index (κ2) is 11.1. The molecule has 35 heavy (non-hydrogen) atoms. The number of aryl methyl sites for hydroxylation is 2. The van der Waals surface area contributed by atoms with Crippen molar-refractivity contribution < 1.29 is 13.9 Å². The number of furan rings is 1. The molecule has 4 rings (SSSR count). The lowest BCUT2D eigenvalue weighted by molar-refractivity contribution is 0.193. The minimum absolute atomic E-state index is 0.0462. The van der Waals surface area contributed by atoms with Gasteiger partial charge in [0, 0.05) is 18.5 Å². The summed E-state index contributed by atoms with van der Waals surface area (Å²) in [7, 11) is 0. The van der Waals surface area contributed by atoms with Crippen molar-refractivity contribution in [3.05, 3.63) is 64.9 Å². The van der Waals surface area contributed by atoms with Crippen LogP contribution in [0.1, 0.15) is 61.5 Å². The maximum atomic E-state index is 8.12. The summed E-state index contributed by atoms with van der Waals surface area (Å²) in [6.45, 7) is 12.0. The molecule has 1 fully saturated rings. The Balaban J connectivity index is 1.26. The molecule has 1 saturated heterocycles. The molecular weight excluding hydrogens is 438 g/mol. The van der Waals surface area contributed by atoms with E-state index >= 15 is 0 Å². The van der Waals surface area contributed by atoms with Crippen molar-refractivity contribution >= 4 is 22.8 Å². The van der Waals surface area contributed by atoms with Crippen LogP contribution in [0.3, 0.4) is 0 Å². The molecule has 0 aliphatic carbocycles. The van der Waals surface area contributed by atoms with Gasteiger partial charge in [0.25, 0.3) is 5.90 Å². The van der Waals surface area contributed by atoms with Gasteiger partial charge in [0.15, 0.2) is 11.7 Å². The Morgan fingerprint density at radius 3 is 2.54 bits per heavy atom. The Morgan fingerprint density at radius 2 is 1.83 bits per heavy atom. The fraction of sp³-hybridized carbons (Fsp3) is 0.448. The van der Waals surface area contributed by atoms with Crippen LogP contribution in [0.4, 0.5) is 0 Å². The van der Waals surface area contributed by atoms with E-state index in [-0.39, 0.29) is 17.7 Å². The number of nitrogens with zero attached hydrogens (tertiary/aromatic N) is 1. The third-order valence-electron chi connectivity index (χ3n) is 6.95. The van der Waals surface area contributed by atoms with E-state index < -0.39 is 0 Å². The molecule has 0 radical (unpaired) electrons. The van der Waals surface area contributed by atoms with Crippen molar-refractivity contribution in [3.63, 3.8) is 0 Å². The lowest BCUT2D eigenvalue weighted by atomic mass is 9.88. The zero-order chi connectivity index (χ0) is 24.9. The van der Waals surface area contributed by atoms with Gasteiger partial charge in [-0.3, -0.25) is 10.8 Å². The van der Waals surface area contributed by atoms with Crippen molar-refractivity contribution in [3.8, 4) is 5.75 Å². The lowest BCUT2D eigenvalue weighted by Crippen LogP contribution is -2.34. The molecule has 0 unspecified atom stereocenters. The number of benzene rings is 2. The molecule has 186 valence electrons. The topological polar surface area (TPSA) is 82.5 Å². The summed E-state index contributed by atoms with van der Waals surface area (Å²) in [5, 5.41) is 16.8. The molecule has 0 amide bonds. The smallest absolute Gasteiger partial charge is 0.256 e. The van der Waals surface area contributed by atoms with E-state index in [0.717, 1.165) is 37.2 Å². The van der Waals surface area contributed by atoms with E-state index in [4.69, 9.17) is 24.7 Å². The normalized spacial score (nSPS) is 15.0. The van der Waals surface area contributed by atoms with Crippen LogP contribution in [0.15, 0.2) is 46.9 Å². The predicted molar refractivity (Wildman–Crippen MR) is 141 cm³/mol. The van der Waals surface area contributed by atoms with Crippen molar-refractivity contribution in [1.82, 2.24) is 4.90 Å². The zero-order valence-electron chi connectivity index (χ0n) is 21.3. The molecule has 0 spiro atoms. The van der Waals surface area contributed by atoms with Crippen molar-refractivity contribution in [2.24, 2.45) is 5.92 Å². The molecule has 3 aromatic rings. The van der Waals surface area contributed by atoms with Gasteiger partial charge in [-0.15, -0.1) is 0 Å². The molecule has 0 bridgehead atoms. The highest BCUT2D eigenvalue weighted by Crippen LogP contribution is 2.31. The maximum Gasteiger partial charge on any atom is 0.256 e. The number of rotatable bonds is 8. The first-order chi connectivity index (χ1) is 16.8. The maximum absolute atomic E-state index is 8.12. The van der Waals surface area contributed by atoms with Crippen LogP contribution in [0.5, 0.6) is 5.75 Å². The Bertz CT molecular complexity index is 1190. The minimum Gasteiger partial charge on any atom is -0.493 e. The van der Waals surface area contributed by atoms with Crippen LogP contribution in [-0.2, 0) is 4.74 Å². The summed E-state index contributed by atoms with van der Waals surface area (Å²) in [4.78, 5) is 2.54. The molecule has 2 aromatic carbocycles. The van der Waals surface area contributed by atoms with Crippen molar-refractivity contribution in [2.45, 2.75) is 52.9 Å². The van der Waals surface area contributed by atoms with Gasteiger partial charge in [0.2, 0.25) is 0 Å². The number of piperidine rings is 1. The summed E-state index contributed by atoms with van der Waals surface area (Å²) < 4.78 is 17.2. The van der Waals surface area contributed by atoms with Crippen LogP contribution >= 0.6 is 0 Å². The summed E-state index contributed by atoms with van der Waals surface area (Å²) in [6, 6.07) is 14.4. The predicted octanol–water partition coefficient (Wildman–Crippen LogP) is 6.67. The van der Waals surface area contributed by atoms with Crippen molar-refractivity contribution in [2.75, 3.05) is 26.2 Å². The summed E-state index contributed by atoms with van der Waals surface area (Å²) in [6.07, 6.45) is 3.38. The van der Waals surface area contributed by atoms with Crippen LogP contribution in [0, 0.1) is 30.6 Å². The number of hydrogen-bond donors (Lipinski definition) is 2. The zero-order valence-corrected chi connectivity index (χ0v) is 21.3. The van der Waals surface area contributed by atoms with E-state index in [1.807, 2.05) is 32.0 Å². The van der Waals surface area contributed by atoms with E-state index in [9.17, 15) is 0 Å². The number of nitrogens with one attached hydrogen (secondary N) is 2. The number of hydrogen-bond acceptors (Lipinski definition) is 6. The van der Waals surface area contributed by atoms with Gasteiger partial charge in [0.1, 0.15) is 11.3 Å². The Labute approximate surface area is 208 Å². The summed E-state index contributed by atoms with van der Waals surface area (Å²) in [5.74, 6) is 1.52. The lowest BCUT2D eigenvalue weighted by Gasteiger charge is -2.32. The first-order valence-corrected chi connectivity index (χ1v) is 12.6. The van der Waals surface area contributed by atoms with Crippen LogP contribution in [-0.4, -0.2) is 42.9 Å². The SMILES string of the molecule is Cc1ccc(C2CCN(CCCOc3cccc4oc(C(=N)OC(=N)C(C)C)cc34)CC2)cc1C. The quantitative estimate of drug-likeness (QED) is 0.216. The third kappa shape index (κ3) is 6.12. The molecule has 6 nitrogen and oxygen atoms in total. The second-order valence-corrected chi connectivity index (χ2v) is 9.89. The van der Waals surface area contributed by atoms with E-state index in [1.165, 1.54) is 29.5 Å². The highest BCUT2D eigenvalue weighted by Gasteiger charge is 2.21. The standard InChI is InChI=1S/C29H37N3O3/c1-19(2)28(30)35-29(31)27-18-24-25(7-5-8-26(24)34-27)33-16-6-13-32-14-11-22(12-15-32)23-10-9-20(3)21(4)17-23/h5,7-10,17-19,22,30-31H,6,11-16H2,1-4H3. The summed E-state index contributed by atoms with van der Waals surface area (Å²) >= 11 is 0. The first-order valence-electron chi connectivity index (χ1n) is 12.6. The van der Waals surface area contributed by atoms with Gasteiger partial charge >= 0.3 is 0 Å². The molecule has 0 atom stereocenters. The number of fused-ring (bicyclic) bond motifs is 1. The largest absolute Gasteiger partial charge is 0.493 e. The molecule has 2 heterocycles. The van der Waals surface area contributed by atoms with E-state index in [2.05, 4.69) is 36.9 Å². The average molecular weight is 476 g/mol. The summed E-state index contributed by atoms with van der Waals surface area (Å²) in [5.41, 5.74) is 4.89. The molecule has 1 aliphatic rings. The van der Waals surface area contributed by atoms with Crippen molar-refractivity contribution in [1.29, 1.82) is 10.8 Å². The highest BCUT2D eigenvalue weighted by atomic mass is 16.5. The van der Waals surface area contributed by atoms with Gasteiger partial charge in [0.05, 0.1) is 12.0 Å². The minimum atomic E-state index is -0.157. The van der Waals surface area contributed by atoms with E-state index in [1.54, 1.807) is 6.07 Å². The van der Waals surface area contributed by atoms with Crippen LogP contribution in [0.2, 0.25) is 0 Å². The van der Waals surface area contributed by atoms with Crippen LogP contribution in [0.25, 0.3) is 11.0 Å². The van der Waals surface area contributed by atoms with Gasteiger partial charge in [-0.25, -0.2) is 0 Å². The molecule has 0 saturated carbocycles. The molecule has 1 aromatic heterocycles. The number of likely N-dealkylation sites (tertiary alicyclic amines) is 1.